The molecule has 2 fully saturated rings. The number of fused-ring (bicyclic) bond motifs is 3. The lowest BCUT2D eigenvalue weighted by Gasteiger charge is -2.39. The van der Waals surface area contributed by atoms with Gasteiger partial charge in [0.05, 0.1) is 24.9 Å². The lowest BCUT2D eigenvalue weighted by Crippen LogP contribution is -2.50. The second kappa shape index (κ2) is 9.05. The van der Waals surface area contributed by atoms with Gasteiger partial charge < -0.3 is 24.1 Å². The minimum Gasteiger partial charge on any atom is -0.496 e. The van der Waals surface area contributed by atoms with Crippen molar-refractivity contribution in [3.63, 3.8) is 0 Å². The van der Waals surface area contributed by atoms with Gasteiger partial charge in [-0.2, -0.15) is 0 Å². The number of imidazole rings is 2. The summed E-state index contributed by atoms with van der Waals surface area (Å²) < 4.78 is 14.4. The summed E-state index contributed by atoms with van der Waals surface area (Å²) in [5.74, 6) is 1.20. The lowest BCUT2D eigenvalue weighted by atomic mass is 9.97. The third-order valence-corrected chi connectivity index (χ3v) is 7.56. The highest BCUT2D eigenvalue weighted by Crippen LogP contribution is 2.39. The predicted molar refractivity (Wildman–Crippen MR) is 137 cm³/mol. The number of ether oxygens (including phenoxy) is 2. The van der Waals surface area contributed by atoms with Crippen LogP contribution in [0.25, 0.3) is 16.9 Å². The number of benzene rings is 1. The maximum Gasteiger partial charge on any atom is 0.329 e. The molecule has 0 aliphatic carbocycles. The van der Waals surface area contributed by atoms with Crippen LogP contribution < -0.4 is 14.8 Å². The summed E-state index contributed by atoms with van der Waals surface area (Å²) in [6.45, 7) is 0. The zero-order chi connectivity index (χ0) is 24.8. The number of aromatic nitrogens is 4. The highest BCUT2D eigenvalue weighted by atomic mass is 35.5. The van der Waals surface area contributed by atoms with Crippen LogP contribution in [0.1, 0.15) is 25.7 Å². The van der Waals surface area contributed by atoms with Crippen LogP contribution in [0, 0.1) is 0 Å². The fourth-order valence-corrected chi connectivity index (χ4v) is 5.85. The zero-order valence-corrected chi connectivity index (χ0v) is 20.9. The fraction of sp³-hybridized carbons (Fsp3) is 0.346. The average molecular weight is 507 g/mol. The topological polar surface area (TPSA) is 85.9 Å². The van der Waals surface area contributed by atoms with Crippen molar-refractivity contribution in [1.82, 2.24) is 23.8 Å². The molecule has 0 spiro atoms. The number of piperidine rings is 1. The van der Waals surface area contributed by atoms with E-state index < -0.39 is 0 Å². The number of amides is 1. The number of carbonyl (C=O) groups excluding carboxylic acids is 1. The molecule has 1 amide bonds. The molecule has 36 heavy (non-hydrogen) atoms. The predicted octanol–water partition coefficient (Wildman–Crippen LogP) is 4.94. The number of carbonyl (C=O) groups is 1. The number of pyridine rings is 1. The number of hydrogen-bond acceptors (Lipinski definition) is 6. The van der Waals surface area contributed by atoms with E-state index in [2.05, 4.69) is 21.3 Å². The molecule has 6 rings (SSSR count). The Hall–Kier alpha value is -3.72. The van der Waals surface area contributed by atoms with Gasteiger partial charge in [-0.15, -0.1) is 0 Å². The number of hydrogen-bond donors (Lipinski definition) is 1. The normalized spacial score (nSPS) is 21.1. The van der Waals surface area contributed by atoms with Gasteiger partial charge in [0.15, 0.2) is 0 Å². The van der Waals surface area contributed by atoms with Crippen molar-refractivity contribution in [3.8, 4) is 22.8 Å². The van der Waals surface area contributed by atoms with E-state index in [0.29, 0.717) is 22.6 Å². The standard InChI is InChI=1S/C26H27ClN6O3/c1-35-23-13-24(36-2)21(27)12-20(23)22-14-31-7-5-16(11-25(31)30-22)29-17-9-18-3-4-19(10-17)33(18)26(34)32-8-6-28-15-32/h5-8,11-15,17-19,29H,3-4,9-10H2,1-2H3/t17-,18+,19-. The Kier molecular flexibility index (Phi) is 5.72. The third-order valence-electron chi connectivity index (χ3n) is 7.26. The smallest absolute Gasteiger partial charge is 0.329 e. The van der Waals surface area contributed by atoms with Crippen LogP contribution in [0.2, 0.25) is 5.02 Å². The highest BCUT2D eigenvalue weighted by Gasteiger charge is 2.43. The molecule has 3 aromatic heterocycles. The van der Waals surface area contributed by atoms with Crippen molar-refractivity contribution in [3.05, 3.63) is 60.4 Å². The van der Waals surface area contributed by atoms with Crippen LogP contribution in [0.3, 0.4) is 0 Å². The van der Waals surface area contributed by atoms with Gasteiger partial charge in [0.1, 0.15) is 23.5 Å². The third kappa shape index (κ3) is 3.93. The molecule has 3 atom stereocenters. The molecule has 2 bridgehead atoms. The average Bonchev–Trinajstić information content (AvgIpc) is 3.62. The van der Waals surface area contributed by atoms with Gasteiger partial charge in [-0.1, -0.05) is 11.6 Å². The second-order valence-electron chi connectivity index (χ2n) is 9.35. The minimum atomic E-state index is 0.0267. The van der Waals surface area contributed by atoms with Gasteiger partial charge in [-0.25, -0.2) is 14.8 Å². The number of nitrogens with zero attached hydrogens (tertiary/aromatic N) is 5. The Labute approximate surface area is 213 Å². The Bertz CT molecular complexity index is 1400. The molecular weight excluding hydrogens is 480 g/mol. The number of nitrogens with one attached hydrogen (secondary N) is 1. The summed E-state index contributed by atoms with van der Waals surface area (Å²) in [5, 5.41) is 4.19. The molecule has 0 saturated carbocycles. The summed E-state index contributed by atoms with van der Waals surface area (Å²) in [6, 6.07) is 8.50. The molecule has 186 valence electrons. The van der Waals surface area contributed by atoms with Crippen molar-refractivity contribution in [1.29, 1.82) is 0 Å². The lowest BCUT2D eigenvalue weighted by molar-refractivity contribution is 0.143. The van der Waals surface area contributed by atoms with E-state index in [0.717, 1.165) is 48.3 Å². The van der Waals surface area contributed by atoms with Crippen LogP contribution in [-0.2, 0) is 0 Å². The number of rotatable bonds is 5. The molecule has 5 heterocycles. The maximum absolute atomic E-state index is 12.9. The SMILES string of the molecule is COc1cc(OC)c(-c2cn3ccc(N[C@H]4C[C@H]5CC[C@@H](C4)N5C(=O)n4ccnc4)cc3n2)cc1Cl. The minimum absolute atomic E-state index is 0.0267. The maximum atomic E-state index is 12.9. The highest BCUT2D eigenvalue weighted by molar-refractivity contribution is 6.32. The molecule has 2 aliphatic rings. The van der Waals surface area contributed by atoms with E-state index >= 15 is 0 Å². The first-order valence-electron chi connectivity index (χ1n) is 12.0. The second-order valence-corrected chi connectivity index (χ2v) is 9.76. The van der Waals surface area contributed by atoms with Crippen molar-refractivity contribution in [2.24, 2.45) is 0 Å². The van der Waals surface area contributed by atoms with E-state index in [1.165, 1.54) is 0 Å². The molecule has 1 N–H and O–H groups in total. The molecular formula is C26H27ClN6O3. The van der Waals surface area contributed by atoms with Gasteiger partial charge in [-0.05, 0) is 37.8 Å². The van der Waals surface area contributed by atoms with E-state index in [4.69, 9.17) is 26.1 Å². The number of methoxy groups -OCH3 is 2. The Balaban J connectivity index is 1.20. The van der Waals surface area contributed by atoms with Crippen molar-refractivity contribution in [2.75, 3.05) is 19.5 Å². The zero-order valence-electron chi connectivity index (χ0n) is 20.1. The summed E-state index contributed by atoms with van der Waals surface area (Å²) in [7, 11) is 3.19. The van der Waals surface area contributed by atoms with Crippen LogP contribution in [0.5, 0.6) is 11.5 Å². The van der Waals surface area contributed by atoms with E-state index in [9.17, 15) is 4.79 Å². The summed E-state index contributed by atoms with van der Waals surface area (Å²) >= 11 is 6.37. The monoisotopic (exact) mass is 506 g/mol. The van der Waals surface area contributed by atoms with Crippen molar-refractivity contribution >= 4 is 29.0 Å². The van der Waals surface area contributed by atoms with E-state index in [-0.39, 0.29) is 18.1 Å². The van der Waals surface area contributed by atoms with Crippen LogP contribution in [-0.4, -0.2) is 62.2 Å². The van der Waals surface area contributed by atoms with Crippen molar-refractivity contribution < 1.29 is 14.3 Å². The van der Waals surface area contributed by atoms with Crippen LogP contribution in [0.15, 0.2) is 55.4 Å². The van der Waals surface area contributed by atoms with Gasteiger partial charge in [0.25, 0.3) is 0 Å². The quantitative estimate of drug-likeness (QED) is 0.412. The first kappa shape index (κ1) is 22.7. The fourth-order valence-electron chi connectivity index (χ4n) is 5.61. The first-order chi connectivity index (χ1) is 17.5. The Morgan fingerprint density at radius 2 is 1.86 bits per heavy atom. The summed E-state index contributed by atoms with van der Waals surface area (Å²) in [4.78, 5) is 23.9. The number of anilines is 1. The molecule has 9 nitrogen and oxygen atoms in total. The van der Waals surface area contributed by atoms with Gasteiger partial charge in [0, 0.05) is 66.3 Å². The molecule has 0 radical (unpaired) electrons. The molecule has 1 aromatic carbocycles. The van der Waals surface area contributed by atoms with E-state index in [1.54, 1.807) is 43.6 Å². The largest absolute Gasteiger partial charge is 0.496 e. The molecule has 2 saturated heterocycles. The Morgan fingerprint density at radius 1 is 1.08 bits per heavy atom. The Morgan fingerprint density at radius 3 is 2.56 bits per heavy atom. The molecule has 4 aromatic rings. The van der Waals surface area contributed by atoms with Crippen molar-refractivity contribution in [2.45, 2.75) is 43.8 Å². The molecule has 2 aliphatic heterocycles. The molecule has 0 unspecified atom stereocenters. The molecule has 10 heteroatoms. The van der Waals surface area contributed by atoms with Crippen LogP contribution in [0.4, 0.5) is 10.5 Å². The van der Waals surface area contributed by atoms with Crippen LogP contribution >= 0.6 is 11.6 Å². The first-order valence-corrected chi connectivity index (χ1v) is 12.4. The van der Waals surface area contributed by atoms with E-state index in [1.807, 2.05) is 28.9 Å². The van der Waals surface area contributed by atoms with Gasteiger partial charge in [0.2, 0.25) is 0 Å². The van der Waals surface area contributed by atoms with Gasteiger partial charge in [-0.3, -0.25) is 4.57 Å². The van der Waals surface area contributed by atoms with Gasteiger partial charge >= 0.3 is 6.03 Å². The summed E-state index contributed by atoms with van der Waals surface area (Å²) in [6.07, 6.45) is 12.8. The number of halogens is 1. The summed E-state index contributed by atoms with van der Waals surface area (Å²) in [5.41, 5.74) is 3.39.